The Labute approximate surface area is 289 Å². The Balaban J connectivity index is 1.18. The van der Waals surface area contributed by atoms with Crippen molar-refractivity contribution in [1.82, 2.24) is 0 Å². The van der Waals surface area contributed by atoms with Gasteiger partial charge in [0.05, 0.1) is 6.85 Å². The van der Waals surface area contributed by atoms with Crippen LogP contribution in [0.3, 0.4) is 0 Å². The predicted octanol–water partition coefficient (Wildman–Crippen LogP) is 13.8. The summed E-state index contributed by atoms with van der Waals surface area (Å²) in [4.78, 5) is 0. The molecule has 49 heavy (non-hydrogen) atoms. The number of rotatable bonds is 3. The molecular formula is C48H28O. The summed E-state index contributed by atoms with van der Waals surface area (Å²) in [5.41, 5.74) is 6.24. The van der Waals surface area contributed by atoms with Crippen molar-refractivity contribution in [2.75, 3.05) is 0 Å². The van der Waals surface area contributed by atoms with Crippen LogP contribution >= 0.6 is 0 Å². The second kappa shape index (κ2) is 10.0. The lowest BCUT2D eigenvalue weighted by Gasteiger charge is -2.18. The minimum Gasteiger partial charge on any atom is -0.455 e. The van der Waals surface area contributed by atoms with Crippen molar-refractivity contribution in [3.8, 4) is 33.4 Å². The summed E-state index contributed by atoms with van der Waals surface area (Å²) < 4.78 is 48.6. The van der Waals surface area contributed by atoms with E-state index < -0.39 is 6.04 Å². The lowest BCUT2D eigenvalue weighted by Crippen LogP contribution is -1.91. The Morgan fingerprint density at radius 1 is 0.367 bits per heavy atom. The molecule has 0 aliphatic heterocycles. The van der Waals surface area contributed by atoms with Crippen LogP contribution in [0.5, 0.6) is 0 Å². The Kier molecular flexibility index (Phi) is 4.54. The van der Waals surface area contributed by atoms with Gasteiger partial charge in [0, 0.05) is 16.3 Å². The third-order valence-corrected chi connectivity index (χ3v) is 10.3. The molecule has 0 unspecified atom stereocenters. The molecule has 0 fully saturated rings. The molecule has 0 amide bonds. The average molecular weight is 626 g/mol. The Morgan fingerprint density at radius 2 is 0.980 bits per heavy atom. The smallest absolute Gasteiger partial charge is 0.143 e. The van der Waals surface area contributed by atoms with E-state index in [9.17, 15) is 0 Å². The van der Waals surface area contributed by atoms with E-state index in [4.69, 9.17) is 11.3 Å². The molecule has 1 heteroatoms. The standard InChI is InChI=1S/C48H28O/c1-2-10-29(11-3-1)34-16-8-18-42-47-39(17-9-19-44(47)49-48(34)42)37-24-20-30-23-27-41-38(25-21-31-22-26-40(37)45(30)46(31)41)43-28-32-12-4-5-13-33(32)35-14-6-7-15-36(35)43/h1-28H/i1D,2D,3D,10D,11D. The SMILES string of the molecule is [2H]c1c([2H])c([2H])c(-c2cccc3c2oc2cccc(-c4ccc5ccc6c(-c7cc8ccccc8c8ccccc78)ccc7ccc4c5c76)c23)c([2H])c1[2H]. The maximum Gasteiger partial charge on any atom is 0.143 e. The van der Waals surface area contributed by atoms with Crippen molar-refractivity contribution in [1.29, 1.82) is 0 Å². The number of fused-ring (bicyclic) bond motifs is 6. The molecule has 11 aromatic rings. The van der Waals surface area contributed by atoms with E-state index in [1.807, 2.05) is 24.3 Å². The molecule has 0 aliphatic rings. The van der Waals surface area contributed by atoms with Gasteiger partial charge in [-0.15, -0.1) is 0 Å². The van der Waals surface area contributed by atoms with Crippen molar-refractivity contribution in [2.24, 2.45) is 0 Å². The Hall–Kier alpha value is -6.44. The van der Waals surface area contributed by atoms with Gasteiger partial charge in [-0.1, -0.05) is 158 Å². The van der Waals surface area contributed by atoms with Gasteiger partial charge in [0.2, 0.25) is 0 Å². The highest BCUT2D eigenvalue weighted by molar-refractivity contribution is 6.30. The second-order valence-corrected chi connectivity index (χ2v) is 12.8. The summed E-state index contributed by atoms with van der Waals surface area (Å²) in [5.74, 6) is 0. The molecule has 1 nitrogen and oxygen atoms in total. The van der Waals surface area contributed by atoms with Crippen LogP contribution in [0.2, 0.25) is 0 Å². The van der Waals surface area contributed by atoms with Gasteiger partial charge in [0.25, 0.3) is 0 Å². The lowest BCUT2D eigenvalue weighted by atomic mass is 9.85. The van der Waals surface area contributed by atoms with Crippen molar-refractivity contribution in [3.05, 3.63) is 170 Å². The van der Waals surface area contributed by atoms with Gasteiger partial charge in [-0.3, -0.25) is 0 Å². The number of benzene rings is 10. The average Bonchev–Trinajstić information content (AvgIpc) is 3.61. The van der Waals surface area contributed by atoms with Crippen molar-refractivity contribution < 1.29 is 11.3 Å². The molecule has 0 saturated carbocycles. The maximum atomic E-state index is 8.68. The van der Waals surface area contributed by atoms with Crippen LogP contribution in [0.1, 0.15) is 6.85 Å². The molecule has 11 rings (SSSR count). The number of hydrogen-bond donors (Lipinski definition) is 0. The molecule has 0 aliphatic carbocycles. The predicted molar refractivity (Wildman–Crippen MR) is 209 cm³/mol. The Morgan fingerprint density at radius 3 is 1.76 bits per heavy atom. The lowest BCUT2D eigenvalue weighted by molar-refractivity contribution is 0.670. The van der Waals surface area contributed by atoms with Gasteiger partial charge >= 0.3 is 0 Å². The summed E-state index contributed by atoms with van der Waals surface area (Å²) in [6, 6.07) is 47.5. The Bertz CT molecular complexity index is 3370. The molecule has 0 atom stereocenters. The first kappa shape index (κ1) is 22.2. The van der Waals surface area contributed by atoms with Crippen LogP contribution in [0.25, 0.3) is 109 Å². The second-order valence-electron chi connectivity index (χ2n) is 12.8. The van der Waals surface area contributed by atoms with Crippen molar-refractivity contribution in [2.45, 2.75) is 0 Å². The van der Waals surface area contributed by atoms with Crippen LogP contribution in [-0.2, 0) is 0 Å². The van der Waals surface area contributed by atoms with Gasteiger partial charge in [-0.05, 0) is 93.8 Å². The van der Waals surface area contributed by atoms with Gasteiger partial charge in [-0.25, -0.2) is 0 Å². The summed E-state index contributed by atoms with van der Waals surface area (Å²) in [7, 11) is 0. The molecule has 1 aromatic heterocycles. The number of furan rings is 1. The zero-order chi connectivity index (χ0) is 36.4. The number of hydrogen-bond acceptors (Lipinski definition) is 1. The first-order valence-electron chi connectivity index (χ1n) is 19.0. The molecule has 0 radical (unpaired) electrons. The molecule has 0 saturated heterocycles. The fourth-order valence-electron chi connectivity index (χ4n) is 8.20. The van der Waals surface area contributed by atoms with Crippen molar-refractivity contribution >= 4 is 75.8 Å². The highest BCUT2D eigenvalue weighted by atomic mass is 16.3. The molecule has 10 aromatic carbocycles. The highest BCUT2D eigenvalue weighted by Gasteiger charge is 2.20. The van der Waals surface area contributed by atoms with E-state index in [2.05, 4.69) is 109 Å². The first-order valence-corrected chi connectivity index (χ1v) is 16.5. The van der Waals surface area contributed by atoms with E-state index in [0.717, 1.165) is 27.3 Å². The summed E-state index contributed by atoms with van der Waals surface area (Å²) in [6.07, 6.45) is 0. The largest absolute Gasteiger partial charge is 0.455 e. The molecule has 0 spiro atoms. The third kappa shape index (κ3) is 3.76. The zero-order valence-electron chi connectivity index (χ0n) is 31.2. The fraction of sp³-hybridized carbons (Fsp3) is 0. The molecule has 0 N–H and O–H groups in total. The van der Waals surface area contributed by atoms with Crippen LogP contribution in [-0.4, -0.2) is 0 Å². The molecular weight excluding hydrogens is 593 g/mol. The minimum atomic E-state index is -0.417. The van der Waals surface area contributed by atoms with Crippen LogP contribution in [0, 0.1) is 0 Å². The topological polar surface area (TPSA) is 13.1 Å². The van der Waals surface area contributed by atoms with Gasteiger partial charge < -0.3 is 4.42 Å². The number of para-hydroxylation sites is 1. The van der Waals surface area contributed by atoms with Crippen LogP contribution in [0.4, 0.5) is 0 Å². The quantitative estimate of drug-likeness (QED) is 0.178. The van der Waals surface area contributed by atoms with E-state index in [0.29, 0.717) is 16.7 Å². The maximum absolute atomic E-state index is 8.68. The van der Waals surface area contributed by atoms with Crippen molar-refractivity contribution in [3.63, 3.8) is 0 Å². The highest BCUT2D eigenvalue weighted by Crippen LogP contribution is 2.47. The first-order chi connectivity index (χ1) is 26.4. The zero-order valence-corrected chi connectivity index (χ0v) is 26.2. The summed E-state index contributed by atoms with van der Waals surface area (Å²) in [6.45, 7) is 0. The summed E-state index contributed by atoms with van der Waals surface area (Å²) >= 11 is 0. The van der Waals surface area contributed by atoms with Crippen LogP contribution in [0.15, 0.2) is 174 Å². The molecule has 0 bridgehead atoms. The van der Waals surface area contributed by atoms with E-state index in [-0.39, 0.29) is 29.7 Å². The van der Waals surface area contributed by atoms with E-state index in [1.165, 1.54) is 59.6 Å². The third-order valence-electron chi connectivity index (χ3n) is 10.3. The van der Waals surface area contributed by atoms with Gasteiger partial charge in [-0.2, -0.15) is 0 Å². The van der Waals surface area contributed by atoms with Gasteiger partial charge in [0.15, 0.2) is 0 Å². The minimum absolute atomic E-state index is 0.130. The monoisotopic (exact) mass is 625 g/mol. The molecule has 226 valence electrons. The van der Waals surface area contributed by atoms with Crippen LogP contribution < -0.4 is 0 Å². The van der Waals surface area contributed by atoms with E-state index >= 15 is 0 Å². The van der Waals surface area contributed by atoms with Gasteiger partial charge in [0.1, 0.15) is 11.2 Å². The summed E-state index contributed by atoms with van der Waals surface area (Å²) in [5, 5.41) is 13.8. The van der Waals surface area contributed by atoms with E-state index in [1.54, 1.807) is 6.07 Å². The molecule has 1 heterocycles. The fourth-order valence-corrected chi connectivity index (χ4v) is 8.20. The normalized spacial score (nSPS) is 13.5.